The van der Waals surface area contributed by atoms with Gasteiger partial charge < -0.3 is 0 Å². The number of hydrogen-bond donors (Lipinski definition) is 1. The summed E-state index contributed by atoms with van der Waals surface area (Å²) in [5.74, 6) is 0. The summed E-state index contributed by atoms with van der Waals surface area (Å²) in [4.78, 5) is 10.2. The Labute approximate surface area is 145 Å². The predicted molar refractivity (Wildman–Crippen MR) is 101 cm³/mol. The van der Waals surface area contributed by atoms with Gasteiger partial charge in [0.05, 0.1) is 16.3 Å². The molecule has 0 unspecified atom stereocenters. The smallest absolute Gasteiger partial charge is 0.269 e. The van der Waals surface area contributed by atoms with Crippen molar-refractivity contribution in [2.24, 2.45) is 5.10 Å². The molecule has 25 heavy (non-hydrogen) atoms. The van der Waals surface area contributed by atoms with E-state index in [1.54, 1.807) is 12.1 Å². The predicted octanol–water partition coefficient (Wildman–Crippen LogP) is 5.10. The summed E-state index contributed by atoms with van der Waals surface area (Å²) in [5.41, 5.74) is 7.85. The summed E-state index contributed by atoms with van der Waals surface area (Å²) in [5, 5.41) is 15.0. The fraction of sp³-hybridized carbons (Fsp3) is 0.0500. The summed E-state index contributed by atoms with van der Waals surface area (Å²) in [6, 6.07) is 24.5. The SMILES string of the molecule is C/C(=N\Nc1ccc([N+](=O)[O-])cc1)c1ccc(-c2ccccc2)cc1. The number of hydrazone groups is 1. The third-order valence-corrected chi connectivity index (χ3v) is 3.84. The highest BCUT2D eigenvalue weighted by atomic mass is 16.6. The number of nitrogens with one attached hydrogen (secondary N) is 1. The summed E-state index contributed by atoms with van der Waals surface area (Å²) in [6.07, 6.45) is 0. The second-order valence-electron chi connectivity index (χ2n) is 5.56. The minimum Gasteiger partial charge on any atom is -0.278 e. The van der Waals surface area contributed by atoms with Crippen LogP contribution in [0, 0.1) is 10.1 Å². The van der Waals surface area contributed by atoms with Crippen molar-refractivity contribution in [3.63, 3.8) is 0 Å². The third-order valence-electron chi connectivity index (χ3n) is 3.84. The Morgan fingerprint density at radius 1 is 0.880 bits per heavy atom. The number of non-ortho nitro benzene ring substituents is 1. The van der Waals surface area contributed by atoms with Crippen LogP contribution in [0.4, 0.5) is 11.4 Å². The average molecular weight is 331 g/mol. The van der Waals surface area contributed by atoms with E-state index < -0.39 is 4.92 Å². The van der Waals surface area contributed by atoms with Crippen molar-refractivity contribution in [2.75, 3.05) is 5.43 Å². The molecule has 124 valence electrons. The van der Waals surface area contributed by atoms with Gasteiger partial charge in [0.2, 0.25) is 0 Å². The van der Waals surface area contributed by atoms with Crippen molar-refractivity contribution < 1.29 is 4.92 Å². The molecule has 0 radical (unpaired) electrons. The molecule has 5 nitrogen and oxygen atoms in total. The van der Waals surface area contributed by atoms with E-state index in [0.29, 0.717) is 5.69 Å². The first kappa shape index (κ1) is 16.4. The van der Waals surface area contributed by atoms with E-state index in [1.807, 2.05) is 37.3 Å². The lowest BCUT2D eigenvalue weighted by Gasteiger charge is -2.06. The molecule has 0 atom stereocenters. The Balaban J connectivity index is 1.70. The van der Waals surface area contributed by atoms with Crippen molar-refractivity contribution in [1.29, 1.82) is 0 Å². The van der Waals surface area contributed by atoms with Crippen LogP contribution in [0.2, 0.25) is 0 Å². The molecule has 0 aromatic heterocycles. The maximum absolute atomic E-state index is 10.7. The quantitative estimate of drug-likeness (QED) is 0.402. The van der Waals surface area contributed by atoms with E-state index in [9.17, 15) is 10.1 Å². The lowest BCUT2D eigenvalue weighted by atomic mass is 10.0. The zero-order valence-electron chi connectivity index (χ0n) is 13.7. The topological polar surface area (TPSA) is 67.5 Å². The van der Waals surface area contributed by atoms with E-state index in [1.165, 1.54) is 17.7 Å². The van der Waals surface area contributed by atoms with E-state index >= 15 is 0 Å². The molecule has 0 heterocycles. The van der Waals surface area contributed by atoms with Crippen LogP contribution >= 0.6 is 0 Å². The van der Waals surface area contributed by atoms with Gasteiger partial charge in [0.25, 0.3) is 5.69 Å². The normalized spacial score (nSPS) is 11.2. The fourth-order valence-electron chi connectivity index (χ4n) is 2.41. The minimum absolute atomic E-state index is 0.0581. The van der Waals surface area contributed by atoms with Crippen LogP contribution in [0.5, 0.6) is 0 Å². The van der Waals surface area contributed by atoms with Crippen LogP contribution in [0.3, 0.4) is 0 Å². The molecule has 5 heteroatoms. The number of hydrogen-bond acceptors (Lipinski definition) is 4. The molecular weight excluding hydrogens is 314 g/mol. The standard InChI is InChI=1S/C20H17N3O2/c1-15(21-22-19-11-13-20(14-12-19)23(24)25)16-7-9-18(10-8-16)17-5-3-2-4-6-17/h2-14,22H,1H3/b21-15+. The van der Waals surface area contributed by atoms with E-state index in [-0.39, 0.29) is 5.69 Å². The van der Waals surface area contributed by atoms with Gasteiger partial charge in [-0.2, -0.15) is 5.10 Å². The molecule has 0 aliphatic rings. The van der Waals surface area contributed by atoms with Crippen LogP contribution in [-0.2, 0) is 0 Å². The number of nitrogens with zero attached hydrogens (tertiary/aromatic N) is 2. The zero-order valence-corrected chi connectivity index (χ0v) is 13.7. The van der Waals surface area contributed by atoms with E-state index in [2.05, 4.69) is 34.8 Å². The van der Waals surface area contributed by atoms with Crippen molar-refractivity contribution in [3.05, 3.63) is 94.5 Å². The molecule has 0 fully saturated rings. The van der Waals surface area contributed by atoms with Gasteiger partial charge in [-0.1, -0.05) is 54.6 Å². The summed E-state index contributed by atoms with van der Waals surface area (Å²) in [6.45, 7) is 1.91. The summed E-state index contributed by atoms with van der Waals surface area (Å²) in [7, 11) is 0. The molecule has 0 amide bonds. The largest absolute Gasteiger partial charge is 0.278 e. The van der Waals surface area contributed by atoms with Crippen molar-refractivity contribution in [2.45, 2.75) is 6.92 Å². The average Bonchev–Trinajstić information content (AvgIpc) is 2.67. The van der Waals surface area contributed by atoms with Crippen LogP contribution in [0.25, 0.3) is 11.1 Å². The third kappa shape index (κ3) is 4.09. The maximum Gasteiger partial charge on any atom is 0.269 e. The lowest BCUT2D eigenvalue weighted by molar-refractivity contribution is -0.384. The highest BCUT2D eigenvalue weighted by Crippen LogP contribution is 2.20. The monoisotopic (exact) mass is 331 g/mol. The molecule has 0 aliphatic carbocycles. The number of nitro benzene ring substituents is 1. The van der Waals surface area contributed by atoms with Gasteiger partial charge in [-0.25, -0.2) is 0 Å². The number of nitro groups is 1. The summed E-state index contributed by atoms with van der Waals surface area (Å²) >= 11 is 0. The van der Waals surface area contributed by atoms with E-state index in [0.717, 1.165) is 16.8 Å². The van der Waals surface area contributed by atoms with Crippen LogP contribution in [0.1, 0.15) is 12.5 Å². The second kappa shape index (κ2) is 7.40. The van der Waals surface area contributed by atoms with Gasteiger partial charge in [0, 0.05) is 12.1 Å². The molecule has 0 bridgehead atoms. The van der Waals surface area contributed by atoms with Gasteiger partial charge >= 0.3 is 0 Å². The molecule has 0 aliphatic heterocycles. The van der Waals surface area contributed by atoms with Gasteiger partial charge in [-0.05, 0) is 35.7 Å². The maximum atomic E-state index is 10.7. The van der Waals surface area contributed by atoms with Crippen LogP contribution in [-0.4, -0.2) is 10.6 Å². The van der Waals surface area contributed by atoms with Crippen molar-refractivity contribution in [1.82, 2.24) is 0 Å². The Bertz CT molecular complexity index is 886. The van der Waals surface area contributed by atoms with Gasteiger partial charge in [-0.3, -0.25) is 15.5 Å². The van der Waals surface area contributed by atoms with Gasteiger partial charge in [0.1, 0.15) is 0 Å². The minimum atomic E-state index is -0.424. The molecule has 0 saturated heterocycles. The second-order valence-corrected chi connectivity index (χ2v) is 5.56. The fourth-order valence-corrected chi connectivity index (χ4v) is 2.41. The Morgan fingerprint density at radius 3 is 2.08 bits per heavy atom. The first-order valence-corrected chi connectivity index (χ1v) is 7.84. The molecule has 3 aromatic rings. The Kier molecular flexibility index (Phi) is 4.85. The zero-order chi connectivity index (χ0) is 17.6. The highest BCUT2D eigenvalue weighted by Gasteiger charge is 2.04. The molecule has 3 rings (SSSR count). The van der Waals surface area contributed by atoms with E-state index in [4.69, 9.17) is 0 Å². The Morgan fingerprint density at radius 2 is 1.48 bits per heavy atom. The first-order chi connectivity index (χ1) is 12.1. The van der Waals surface area contributed by atoms with Gasteiger partial charge in [-0.15, -0.1) is 0 Å². The molecular formula is C20H17N3O2. The molecule has 1 N–H and O–H groups in total. The number of anilines is 1. The lowest BCUT2D eigenvalue weighted by Crippen LogP contribution is -1.99. The highest BCUT2D eigenvalue weighted by molar-refractivity contribution is 5.99. The van der Waals surface area contributed by atoms with Gasteiger partial charge in [0.15, 0.2) is 0 Å². The first-order valence-electron chi connectivity index (χ1n) is 7.84. The van der Waals surface area contributed by atoms with Crippen LogP contribution < -0.4 is 5.43 Å². The Hall–Kier alpha value is -3.47. The molecule has 0 spiro atoms. The summed E-state index contributed by atoms with van der Waals surface area (Å²) < 4.78 is 0. The van der Waals surface area contributed by atoms with Crippen molar-refractivity contribution >= 4 is 17.1 Å². The van der Waals surface area contributed by atoms with Crippen molar-refractivity contribution in [3.8, 4) is 11.1 Å². The number of rotatable bonds is 5. The molecule has 3 aromatic carbocycles. The number of benzene rings is 3. The molecule has 0 saturated carbocycles. The van der Waals surface area contributed by atoms with Crippen LogP contribution in [0.15, 0.2) is 84.0 Å².